The Balaban J connectivity index is 1.46. The van der Waals surface area contributed by atoms with Crippen LogP contribution in [0, 0.1) is 6.92 Å². The number of aryl methyl sites for hydroxylation is 1. The standard InChI is InChI=1S/C24H24N4O3S2/c1-16-26-23-22(19(15-33-23)20-7-4-10-32-20)24(30)28(16)14-21(29)27(13-18-6-3-9-31-18)12-17-5-2-8-25-11-17/h2,4-5,7-8,10-11,15,18H,3,6,9,12-14H2,1H3. The van der Waals surface area contributed by atoms with Gasteiger partial charge in [-0.3, -0.25) is 19.1 Å². The van der Waals surface area contributed by atoms with E-state index in [1.54, 1.807) is 35.6 Å². The molecule has 0 aliphatic carbocycles. The average molecular weight is 481 g/mol. The first-order valence-electron chi connectivity index (χ1n) is 10.9. The molecule has 1 amide bonds. The summed E-state index contributed by atoms with van der Waals surface area (Å²) < 4.78 is 7.29. The van der Waals surface area contributed by atoms with E-state index < -0.39 is 0 Å². The van der Waals surface area contributed by atoms with Crippen LogP contribution in [-0.2, 0) is 22.6 Å². The van der Waals surface area contributed by atoms with Crippen LogP contribution in [0.2, 0.25) is 0 Å². The first-order valence-corrected chi connectivity index (χ1v) is 12.7. The molecule has 0 bridgehead atoms. The molecule has 1 atom stereocenters. The van der Waals surface area contributed by atoms with Gasteiger partial charge < -0.3 is 9.64 Å². The molecule has 0 spiro atoms. The molecular weight excluding hydrogens is 456 g/mol. The van der Waals surface area contributed by atoms with Crippen LogP contribution in [0.1, 0.15) is 24.2 Å². The minimum absolute atomic E-state index is 0.0198. The first kappa shape index (κ1) is 21.9. The van der Waals surface area contributed by atoms with E-state index in [0.29, 0.717) is 29.1 Å². The summed E-state index contributed by atoms with van der Waals surface area (Å²) >= 11 is 3.05. The molecule has 0 radical (unpaired) electrons. The van der Waals surface area contributed by atoms with Crippen molar-refractivity contribution in [3.8, 4) is 10.4 Å². The van der Waals surface area contributed by atoms with Gasteiger partial charge in [0.2, 0.25) is 5.91 Å². The van der Waals surface area contributed by atoms with Crippen molar-refractivity contribution < 1.29 is 9.53 Å². The van der Waals surface area contributed by atoms with Crippen LogP contribution in [0.3, 0.4) is 0 Å². The van der Waals surface area contributed by atoms with Gasteiger partial charge in [-0.05, 0) is 42.8 Å². The van der Waals surface area contributed by atoms with Gasteiger partial charge >= 0.3 is 0 Å². The molecule has 5 heterocycles. The number of fused-ring (bicyclic) bond motifs is 1. The molecule has 1 aliphatic rings. The molecule has 170 valence electrons. The van der Waals surface area contributed by atoms with Gasteiger partial charge in [-0.1, -0.05) is 12.1 Å². The summed E-state index contributed by atoms with van der Waals surface area (Å²) in [6, 6.07) is 7.78. The van der Waals surface area contributed by atoms with Gasteiger partial charge in [-0.2, -0.15) is 0 Å². The summed E-state index contributed by atoms with van der Waals surface area (Å²) in [7, 11) is 0. The number of hydrogen-bond donors (Lipinski definition) is 0. The topological polar surface area (TPSA) is 77.3 Å². The molecule has 4 aromatic heterocycles. The SMILES string of the molecule is Cc1nc2scc(-c3cccs3)c2c(=O)n1CC(=O)N(Cc1cccnc1)CC1CCCO1. The molecule has 0 saturated carbocycles. The zero-order chi connectivity index (χ0) is 22.8. The zero-order valence-corrected chi connectivity index (χ0v) is 19.9. The first-order chi connectivity index (χ1) is 16.1. The van der Waals surface area contributed by atoms with E-state index in [4.69, 9.17) is 4.74 Å². The van der Waals surface area contributed by atoms with Crippen LogP contribution >= 0.6 is 22.7 Å². The molecule has 0 aromatic carbocycles. The lowest BCUT2D eigenvalue weighted by atomic mass is 10.2. The maximum absolute atomic E-state index is 13.5. The third-order valence-corrected chi connectivity index (χ3v) is 7.64. The molecule has 9 heteroatoms. The smallest absolute Gasteiger partial charge is 0.263 e. The Morgan fingerprint density at radius 2 is 2.21 bits per heavy atom. The van der Waals surface area contributed by atoms with E-state index in [0.717, 1.165) is 35.5 Å². The van der Waals surface area contributed by atoms with Gasteiger partial charge in [0.15, 0.2) is 0 Å². The van der Waals surface area contributed by atoms with Gasteiger partial charge in [0.1, 0.15) is 17.2 Å². The molecule has 7 nitrogen and oxygen atoms in total. The lowest BCUT2D eigenvalue weighted by molar-refractivity contribution is -0.134. The number of amides is 1. The third-order valence-electron chi connectivity index (χ3n) is 5.86. The van der Waals surface area contributed by atoms with Crippen LogP contribution in [0.15, 0.2) is 52.2 Å². The van der Waals surface area contributed by atoms with Gasteiger partial charge in [0.25, 0.3) is 5.56 Å². The third kappa shape index (κ3) is 4.62. The molecule has 4 aromatic rings. The number of thiophene rings is 2. The number of carbonyl (C=O) groups is 1. The maximum atomic E-state index is 13.5. The number of carbonyl (C=O) groups excluding carboxylic acids is 1. The molecular formula is C24H24N4O3S2. The molecule has 33 heavy (non-hydrogen) atoms. The Bertz CT molecular complexity index is 1310. The monoisotopic (exact) mass is 480 g/mol. The summed E-state index contributed by atoms with van der Waals surface area (Å²) in [4.78, 5) is 39.3. The molecule has 5 rings (SSSR count). The quantitative estimate of drug-likeness (QED) is 0.398. The fraction of sp³-hybridized carbons (Fsp3) is 0.333. The summed E-state index contributed by atoms with van der Waals surface area (Å²) in [5.74, 6) is 0.410. The number of hydrogen-bond acceptors (Lipinski definition) is 7. The Kier molecular flexibility index (Phi) is 6.34. The molecule has 1 aliphatic heterocycles. The molecule has 0 N–H and O–H groups in total. The van der Waals surface area contributed by atoms with Crippen LogP contribution in [-0.4, -0.2) is 44.6 Å². The predicted octanol–water partition coefficient (Wildman–Crippen LogP) is 4.10. The predicted molar refractivity (Wildman–Crippen MR) is 131 cm³/mol. The summed E-state index contributed by atoms with van der Waals surface area (Å²) in [5.41, 5.74) is 1.66. The van der Waals surface area contributed by atoms with Gasteiger partial charge in [0.05, 0.1) is 11.5 Å². The van der Waals surface area contributed by atoms with E-state index in [-0.39, 0.29) is 24.1 Å². The minimum Gasteiger partial charge on any atom is -0.376 e. The second kappa shape index (κ2) is 9.54. The lowest BCUT2D eigenvalue weighted by Gasteiger charge is -2.26. The Labute approximate surface area is 199 Å². The number of rotatable bonds is 7. The van der Waals surface area contributed by atoms with Crippen molar-refractivity contribution >= 4 is 38.8 Å². The summed E-state index contributed by atoms with van der Waals surface area (Å²) in [6.07, 6.45) is 5.43. The highest BCUT2D eigenvalue weighted by Gasteiger charge is 2.25. The van der Waals surface area contributed by atoms with Gasteiger partial charge in [-0.15, -0.1) is 22.7 Å². The second-order valence-electron chi connectivity index (χ2n) is 8.13. The van der Waals surface area contributed by atoms with Crippen molar-refractivity contribution in [1.82, 2.24) is 19.4 Å². The van der Waals surface area contributed by atoms with Crippen molar-refractivity contribution in [2.24, 2.45) is 0 Å². The van der Waals surface area contributed by atoms with Crippen LogP contribution in [0.4, 0.5) is 0 Å². The van der Waals surface area contributed by atoms with Crippen LogP contribution in [0.5, 0.6) is 0 Å². The van der Waals surface area contributed by atoms with E-state index in [1.807, 2.05) is 35.0 Å². The number of pyridine rings is 1. The normalized spacial score (nSPS) is 15.8. The Morgan fingerprint density at radius 3 is 2.94 bits per heavy atom. The highest BCUT2D eigenvalue weighted by molar-refractivity contribution is 7.18. The van der Waals surface area contributed by atoms with Crippen LogP contribution in [0.25, 0.3) is 20.7 Å². The van der Waals surface area contributed by atoms with Crippen molar-refractivity contribution in [3.05, 3.63) is 69.2 Å². The fourth-order valence-corrected chi connectivity index (χ4v) is 5.96. The maximum Gasteiger partial charge on any atom is 0.263 e. The Morgan fingerprint density at radius 1 is 1.30 bits per heavy atom. The minimum atomic E-state index is -0.172. The molecule has 1 unspecified atom stereocenters. The van der Waals surface area contributed by atoms with Gasteiger partial charge in [0, 0.05) is 47.9 Å². The number of ether oxygens (including phenoxy) is 1. The average Bonchev–Trinajstić information content (AvgIpc) is 3.58. The van der Waals surface area contributed by atoms with E-state index in [2.05, 4.69) is 9.97 Å². The van der Waals surface area contributed by atoms with Crippen LogP contribution < -0.4 is 5.56 Å². The fourth-order valence-electron chi connectivity index (χ4n) is 4.16. The van der Waals surface area contributed by atoms with Crippen molar-refractivity contribution in [3.63, 3.8) is 0 Å². The van der Waals surface area contributed by atoms with E-state index >= 15 is 0 Å². The van der Waals surface area contributed by atoms with Crippen molar-refractivity contribution in [2.45, 2.75) is 39.0 Å². The van der Waals surface area contributed by atoms with Crippen molar-refractivity contribution in [1.29, 1.82) is 0 Å². The zero-order valence-electron chi connectivity index (χ0n) is 18.3. The number of aromatic nitrogens is 3. The highest BCUT2D eigenvalue weighted by atomic mass is 32.1. The van der Waals surface area contributed by atoms with Gasteiger partial charge in [-0.25, -0.2) is 4.98 Å². The molecule has 1 fully saturated rings. The Hall–Kier alpha value is -2.88. The summed E-state index contributed by atoms with van der Waals surface area (Å²) in [6.45, 7) is 3.37. The summed E-state index contributed by atoms with van der Waals surface area (Å²) in [5, 5.41) is 4.55. The highest BCUT2D eigenvalue weighted by Crippen LogP contribution is 2.33. The largest absolute Gasteiger partial charge is 0.376 e. The van der Waals surface area contributed by atoms with Crippen molar-refractivity contribution in [2.75, 3.05) is 13.2 Å². The number of nitrogens with zero attached hydrogens (tertiary/aromatic N) is 4. The molecule has 1 saturated heterocycles. The van der Waals surface area contributed by atoms with E-state index in [9.17, 15) is 9.59 Å². The lowest BCUT2D eigenvalue weighted by Crippen LogP contribution is -2.41. The van der Waals surface area contributed by atoms with E-state index in [1.165, 1.54) is 15.9 Å². The second-order valence-corrected chi connectivity index (χ2v) is 9.93.